The zero-order valence-electron chi connectivity index (χ0n) is 8.89. The van der Waals surface area contributed by atoms with Crippen LogP contribution in [0.5, 0.6) is 0 Å². The lowest BCUT2D eigenvalue weighted by Crippen LogP contribution is -1.98. The fourth-order valence-electron chi connectivity index (χ4n) is 1.57. The maximum atomic E-state index is 5.50. The number of benzene rings is 1. The highest BCUT2D eigenvalue weighted by Crippen LogP contribution is 2.39. The minimum absolute atomic E-state index is 0.514. The molecule has 4 heteroatoms. The van der Waals surface area contributed by atoms with Crippen molar-refractivity contribution in [2.45, 2.75) is 25.3 Å². The van der Waals surface area contributed by atoms with E-state index in [9.17, 15) is 0 Å². The normalized spacial score (nSPS) is 15.0. The van der Waals surface area contributed by atoms with Crippen molar-refractivity contribution in [2.24, 2.45) is 0 Å². The van der Waals surface area contributed by atoms with E-state index in [0.717, 1.165) is 5.89 Å². The van der Waals surface area contributed by atoms with Crippen LogP contribution in [0, 0.1) is 0 Å². The highest BCUT2D eigenvalue weighted by atomic mass is 16.4. The van der Waals surface area contributed by atoms with Crippen LogP contribution in [0.4, 0.5) is 6.01 Å². The SMILES string of the molecule is c1ccc(CNc2nnc(C3CC3)o2)cc1. The Morgan fingerprint density at radius 2 is 2.00 bits per heavy atom. The molecule has 1 aromatic heterocycles. The van der Waals surface area contributed by atoms with Crippen molar-refractivity contribution in [2.75, 3.05) is 5.32 Å². The Morgan fingerprint density at radius 3 is 2.75 bits per heavy atom. The average Bonchev–Trinajstić information content (AvgIpc) is 3.08. The van der Waals surface area contributed by atoms with Gasteiger partial charge in [-0.2, -0.15) is 0 Å². The second-order valence-corrected chi connectivity index (χ2v) is 4.06. The predicted octanol–water partition coefficient (Wildman–Crippen LogP) is 2.56. The fraction of sp³-hybridized carbons (Fsp3) is 0.333. The van der Waals surface area contributed by atoms with E-state index in [0.29, 0.717) is 18.5 Å². The summed E-state index contributed by atoms with van der Waals surface area (Å²) in [6.45, 7) is 0.715. The standard InChI is InChI=1S/C12H13N3O/c1-2-4-9(5-3-1)8-13-12-15-14-11(16-12)10-6-7-10/h1-5,10H,6-8H2,(H,13,15). The van der Waals surface area contributed by atoms with Crippen molar-refractivity contribution in [3.63, 3.8) is 0 Å². The zero-order chi connectivity index (χ0) is 10.8. The van der Waals surface area contributed by atoms with Gasteiger partial charge in [0.1, 0.15) is 0 Å². The molecule has 0 aliphatic heterocycles. The molecule has 2 aromatic rings. The lowest BCUT2D eigenvalue weighted by molar-refractivity contribution is 0.507. The summed E-state index contributed by atoms with van der Waals surface area (Å²) < 4.78 is 5.50. The number of nitrogens with one attached hydrogen (secondary N) is 1. The van der Waals surface area contributed by atoms with E-state index in [4.69, 9.17) is 4.42 Å². The molecule has 0 atom stereocenters. The van der Waals surface area contributed by atoms with E-state index in [2.05, 4.69) is 27.6 Å². The molecule has 16 heavy (non-hydrogen) atoms. The summed E-state index contributed by atoms with van der Waals surface area (Å²) in [4.78, 5) is 0. The van der Waals surface area contributed by atoms with E-state index >= 15 is 0 Å². The molecule has 1 N–H and O–H groups in total. The molecule has 1 saturated carbocycles. The summed E-state index contributed by atoms with van der Waals surface area (Å²) in [5.74, 6) is 1.29. The van der Waals surface area contributed by atoms with Crippen molar-refractivity contribution in [1.29, 1.82) is 0 Å². The van der Waals surface area contributed by atoms with Crippen molar-refractivity contribution in [3.05, 3.63) is 41.8 Å². The van der Waals surface area contributed by atoms with Gasteiger partial charge in [-0.05, 0) is 18.4 Å². The molecule has 0 bridgehead atoms. The molecule has 0 unspecified atom stereocenters. The Hall–Kier alpha value is -1.84. The molecule has 0 amide bonds. The Bertz CT molecular complexity index is 462. The van der Waals surface area contributed by atoms with Crippen LogP contribution in [0.2, 0.25) is 0 Å². The third-order valence-electron chi connectivity index (χ3n) is 2.65. The number of hydrogen-bond donors (Lipinski definition) is 1. The summed E-state index contributed by atoms with van der Waals surface area (Å²) in [6, 6.07) is 10.7. The van der Waals surface area contributed by atoms with Gasteiger partial charge in [0.25, 0.3) is 0 Å². The fourth-order valence-corrected chi connectivity index (χ4v) is 1.57. The number of aromatic nitrogens is 2. The van der Waals surface area contributed by atoms with Crippen LogP contribution >= 0.6 is 0 Å². The summed E-state index contributed by atoms with van der Waals surface area (Å²) in [6.07, 6.45) is 2.36. The number of nitrogens with zero attached hydrogens (tertiary/aromatic N) is 2. The van der Waals surface area contributed by atoms with Crippen LogP contribution in [0.25, 0.3) is 0 Å². The minimum Gasteiger partial charge on any atom is -0.408 e. The molecule has 1 aliphatic rings. The van der Waals surface area contributed by atoms with Gasteiger partial charge in [0.15, 0.2) is 0 Å². The first-order chi connectivity index (χ1) is 7.92. The average molecular weight is 215 g/mol. The van der Waals surface area contributed by atoms with E-state index in [-0.39, 0.29) is 0 Å². The molecule has 1 heterocycles. The Kier molecular flexibility index (Phi) is 2.33. The lowest BCUT2D eigenvalue weighted by atomic mass is 10.2. The molecule has 1 aromatic carbocycles. The number of hydrogen-bond acceptors (Lipinski definition) is 4. The zero-order valence-corrected chi connectivity index (χ0v) is 8.89. The van der Waals surface area contributed by atoms with Gasteiger partial charge in [-0.1, -0.05) is 35.4 Å². The van der Waals surface area contributed by atoms with Gasteiger partial charge in [-0.15, -0.1) is 5.10 Å². The van der Waals surface area contributed by atoms with Gasteiger partial charge in [0.2, 0.25) is 5.89 Å². The maximum absolute atomic E-state index is 5.50. The second kappa shape index (κ2) is 3.96. The number of anilines is 1. The highest BCUT2D eigenvalue weighted by Gasteiger charge is 2.29. The monoisotopic (exact) mass is 215 g/mol. The largest absolute Gasteiger partial charge is 0.408 e. The Labute approximate surface area is 93.7 Å². The Balaban J connectivity index is 1.61. The lowest BCUT2D eigenvalue weighted by Gasteiger charge is -2.00. The molecule has 82 valence electrons. The third-order valence-corrected chi connectivity index (χ3v) is 2.65. The predicted molar refractivity (Wildman–Crippen MR) is 60.0 cm³/mol. The number of rotatable bonds is 4. The smallest absolute Gasteiger partial charge is 0.315 e. The van der Waals surface area contributed by atoms with Gasteiger partial charge >= 0.3 is 6.01 Å². The van der Waals surface area contributed by atoms with Crippen molar-refractivity contribution >= 4 is 6.01 Å². The molecule has 4 nitrogen and oxygen atoms in total. The van der Waals surface area contributed by atoms with Crippen LogP contribution < -0.4 is 5.32 Å². The van der Waals surface area contributed by atoms with Crippen LogP contribution in [-0.4, -0.2) is 10.2 Å². The molecule has 1 fully saturated rings. The van der Waals surface area contributed by atoms with E-state index in [1.807, 2.05) is 18.2 Å². The summed E-state index contributed by atoms with van der Waals surface area (Å²) in [5, 5.41) is 11.1. The van der Waals surface area contributed by atoms with Crippen LogP contribution in [-0.2, 0) is 6.54 Å². The summed E-state index contributed by atoms with van der Waals surface area (Å²) >= 11 is 0. The third kappa shape index (κ3) is 2.05. The minimum atomic E-state index is 0.514. The first-order valence-electron chi connectivity index (χ1n) is 5.53. The van der Waals surface area contributed by atoms with Crippen molar-refractivity contribution in [3.8, 4) is 0 Å². The first kappa shape index (κ1) is 9.39. The molecule has 0 saturated heterocycles. The molecular formula is C12H13N3O. The molecule has 3 rings (SSSR count). The Morgan fingerprint density at radius 1 is 1.19 bits per heavy atom. The van der Waals surface area contributed by atoms with E-state index in [1.54, 1.807) is 0 Å². The molecular weight excluding hydrogens is 202 g/mol. The van der Waals surface area contributed by atoms with Gasteiger partial charge in [0.05, 0.1) is 0 Å². The molecule has 1 aliphatic carbocycles. The summed E-state index contributed by atoms with van der Waals surface area (Å²) in [5.41, 5.74) is 1.20. The molecule has 0 spiro atoms. The summed E-state index contributed by atoms with van der Waals surface area (Å²) in [7, 11) is 0. The van der Waals surface area contributed by atoms with Gasteiger partial charge in [-0.25, -0.2) is 0 Å². The second-order valence-electron chi connectivity index (χ2n) is 4.06. The van der Waals surface area contributed by atoms with Gasteiger partial charge in [-0.3, -0.25) is 0 Å². The van der Waals surface area contributed by atoms with Gasteiger partial charge < -0.3 is 9.73 Å². The van der Waals surface area contributed by atoms with Crippen LogP contribution in [0.15, 0.2) is 34.7 Å². The van der Waals surface area contributed by atoms with Crippen LogP contribution in [0.3, 0.4) is 0 Å². The van der Waals surface area contributed by atoms with E-state index < -0.39 is 0 Å². The highest BCUT2D eigenvalue weighted by molar-refractivity contribution is 5.24. The van der Waals surface area contributed by atoms with Crippen LogP contribution in [0.1, 0.15) is 30.2 Å². The first-order valence-corrected chi connectivity index (χ1v) is 5.53. The van der Waals surface area contributed by atoms with E-state index in [1.165, 1.54) is 18.4 Å². The van der Waals surface area contributed by atoms with Crippen molar-refractivity contribution in [1.82, 2.24) is 10.2 Å². The van der Waals surface area contributed by atoms with Crippen molar-refractivity contribution < 1.29 is 4.42 Å². The molecule has 0 radical (unpaired) electrons. The van der Waals surface area contributed by atoms with Gasteiger partial charge in [0, 0.05) is 12.5 Å². The quantitative estimate of drug-likeness (QED) is 0.851. The topological polar surface area (TPSA) is 51.0 Å². The maximum Gasteiger partial charge on any atom is 0.315 e.